The lowest BCUT2D eigenvalue weighted by molar-refractivity contribution is 0.0942. The Balaban J connectivity index is 2.06. The Kier molecular flexibility index (Phi) is 3.99. The first-order valence-electron chi connectivity index (χ1n) is 5.51. The maximum absolute atomic E-state index is 13.4. The molecule has 0 saturated carbocycles. The highest BCUT2D eigenvalue weighted by Gasteiger charge is 2.11. The molecule has 0 fully saturated rings. The highest BCUT2D eigenvalue weighted by molar-refractivity contribution is 9.10. The molecule has 3 nitrogen and oxygen atoms in total. The number of halogens is 3. The van der Waals surface area contributed by atoms with Gasteiger partial charge < -0.3 is 9.88 Å². The second-order valence-electron chi connectivity index (χ2n) is 4.07. The Morgan fingerprint density at radius 1 is 1.37 bits per heavy atom. The number of amides is 1. The predicted molar refractivity (Wildman–Crippen MR) is 70.6 cm³/mol. The van der Waals surface area contributed by atoms with Gasteiger partial charge in [0, 0.05) is 35.9 Å². The minimum absolute atomic E-state index is 0.00768. The van der Waals surface area contributed by atoms with Gasteiger partial charge in [-0.25, -0.2) is 8.78 Å². The molecule has 1 heterocycles. The molecule has 6 heteroatoms. The van der Waals surface area contributed by atoms with Crippen molar-refractivity contribution in [2.45, 2.75) is 6.54 Å². The number of carbonyl (C=O) groups is 1. The average Bonchev–Trinajstić information content (AvgIpc) is 2.67. The first kappa shape index (κ1) is 13.7. The highest BCUT2D eigenvalue weighted by Crippen LogP contribution is 2.14. The minimum Gasteiger partial charge on any atom is -0.347 e. The van der Waals surface area contributed by atoms with Gasteiger partial charge in [-0.3, -0.25) is 4.79 Å². The van der Waals surface area contributed by atoms with Crippen LogP contribution in [0.4, 0.5) is 8.78 Å². The number of hydrogen-bond acceptors (Lipinski definition) is 1. The average molecular weight is 329 g/mol. The summed E-state index contributed by atoms with van der Waals surface area (Å²) in [7, 11) is 1.73. The molecule has 1 N–H and O–H groups in total. The first-order chi connectivity index (χ1) is 8.97. The van der Waals surface area contributed by atoms with Crippen LogP contribution < -0.4 is 5.32 Å². The van der Waals surface area contributed by atoms with E-state index >= 15 is 0 Å². The zero-order valence-corrected chi connectivity index (χ0v) is 11.7. The summed E-state index contributed by atoms with van der Waals surface area (Å²) < 4.78 is 28.6. The Bertz CT molecular complexity index is 625. The topological polar surface area (TPSA) is 34.0 Å². The number of nitrogens with one attached hydrogen (secondary N) is 1. The van der Waals surface area contributed by atoms with Crippen LogP contribution in [-0.4, -0.2) is 10.5 Å². The molecule has 0 bridgehead atoms. The van der Waals surface area contributed by atoms with Gasteiger partial charge in [0.2, 0.25) is 0 Å². The van der Waals surface area contributed by atoms with Gasteiger partial charge in [0.05, 0.1) is 0 Å². The Morgan fingerprint density at radius 2 is 2.11 bits per heavy atom. The SMILES string of the molecule is Cn1cc(Br)cc1C(=O)NCc1ccc(F)cc1F. The standard InChI is InChI=1S/C13H11BrF2N2O/c1-18-7-9(14)4-12(18)13(19)17-6-8-2-3-10(15)5-11(8)16/h2-5,7H,6H2,1H3,(H,17,19). The molecule has 2 aromatic rings. The van der Waals surface area contributed by atoms with E-state index in [0.717, 1.165) is 16.6 Å². The van der Waals surface area contributed by atoms with Crippen LogP contribution in [0.15, 0.2) is 34.9 Å². The van der Waals surface area contributed by atoms with Crippen molar-refractivity contribution in [3.63, 3.8) is 0 Å². The van der Waals surface area contributed by atoms with E-state index in [0.29, 0.717) is 5.69 Å². The smallest absolute Gasteiger partial charge is 0.268 e. The third-order valence-corrected chi connectivity index (χ3v) is 3.09. The summed E-state index contributed by atoms with van der Waals surface area (Å²) in [6.07, 6.45) is 1.74. The molecular formula is C13H11BrF2N2O. The van der Waals surface area contributed by atoms with Crippen molar-refractivity contribution in [1.29, 1.82) is 0 Å². The zero-order valence-electron chi connectivity index (χ0n) is 10.1. The van der Waals surface area contributed by atoms with E-state index in [2.05, 4.69) is 21.2 Å². The second kappa shape index (κ2) is 5.52. The zero-order chi connectivity index (χ0) is 14.0. The van der Waals surface area contributed by atoms with Gasteiger partial charge in [0.1, 0.15) is 17.3 Å². The van der Waals surface area contributed by atoms with Gasteiger partial charge in [-0.05, 0) is 28.1 Å². The van der Waals surface area contributed by atoms with Crippen molar-refractivity contribution in [3.05, 3.63) is 57.8 Å². The number of aryl methyl sites for hydroxylation is 1. The van der Waals surface area contributed by atoms with Crippen LogP contribution in [0.5, 0.6) is 0 Å². The molecule has 2 rings (SSSR count). The van der Waals surface area contributed by atoms with Gasteiger partial charge >= 0.3 is 0 Å². The third kappa shape index (κ3) is 3.20. The molecule has 19 heavy (non-hydrogen) atoms. The Morgan fingerprint density at radius 3 is 2.68 bits per heavy atom. The van der Waals surface area contributed by atoms with Crippen LogP contribution in [0.2, 0.25) is 0 Å². The van der Waals surface area contributed by atoms with Crippen LogP contribution in [0.3, 0.4) is 0 Å². The summed E-state index contributed by atoms with van der Waals surface area (Å²) in [5, 5.41) is 2.59. The number of benzene rings is 1. The molecule has 0 saturated heterocycles. The van der Waals surface area contributed by atoms with Gasteiger partial charge in [0.15, 0.2) is 0 Å². The summed E-state index contributed by atoms with van der Waals surface area (Å²) in [5.74, 6) is -1.63. The van der Waals surface area contributed by atoms with E-state index in [1.165, 1.54) is 6.07 Å². The van der Waals surface area contributed by atoms with Gasteiger partial charge in [-0.1, -0.05) is 6.07 Å². The molecule has 0 aliphatic carbocycles. The fraction of sp³-hybridized carbons (Fsp3) is 0.154. The normalized spacial score (nSPS) is 10.5. The molecule has 0 aliphatic heterocycles. The number of hydrogen-bond donors (Lipinski definition) is 1. The highest BCUT2D eigenvalue weighted by atomic mass is 79.9. The number of aromatic nitrogens is 1. The number of nitrogens with zero attached hydrogens (tertiary/aromatic N) is 1. The lowest BCUT2D eigenvalue weighted by Gasteiger charge is -2.07. The summed E-state index contributed by atoms with van der Waals surface area (Å²) in [6.45, 7) is 0.00768. The van der Waals surface area contributed by atoms with Crippen molar-refractivity contribution >= 4 is 21.8 Å². The third-order valence-electron chi connectivity index (χ3n) is 2.66. The van der Waals surface area contributed by atoms with E-state index in [1.807, 2.05) is 0 Å². The Hall–Kier alpha value is -1.69. The first-order valence-corrected chi connectivity index (χ1v) is 6.30. The van der Waals surface area contributed by atoms with E-state index < -0.39 is 11.6 Å². The second-order valence-corrected chi connectivity index (χ2v) is 4.99. The van der Waals surface area contributed by atoms with Crippen LogP contribution in [-0.2, 0) is 13.6 Å². The van der Waals surface area contributed by atoms with E-state index in [1.54, 1.807) is 23.9 Å². The fourth-order valence-electron chi connectivity index (χ4n) is 1.68. The molecule has 0 unspecified atom stereocenters. The maximum atomic E-state index is 13.4. The van der Waals surface area contributed by atoms with Crippen LogP contribution in [0, 0.1) is 11.6 Å². The lowest BCUT2D eigenvalue weighted by atomic mass is 10.2. The maximum Gasteiger partial charge on any atom is 0.268 e. The van der Waals surface area contributed by atoms with Crippen molar-refractivity contribution in [2.75, 3.05) is 0 Å². The van der Waals surface area contributed by atoms with Crippen molar-refractivity contribution < 1.29 is 13.6 Å². The summed E-state index contributed by atoms with van der Waals surface area (Å²) in [4.78, 5) is 11.9. The van der Waals surface area contributed by atoms with E-state index in [9.17, 15) is 13.6 Å². The van der Waals surface area contributed by atoms with Gasteiger partial charge in [-0.15, -0.1) is 0 Å². The number of rotatable bonds is 3. The quantitative estimate of drug-likeness (QED) is 0.923. The van der Waals surface area contributed by atoms with Crippen molar-refractivity contribution in [1.82, 2.24) is 9.88 Å². The lowest BCUT2D eigenvalue weighted by Crippen LogP contribution is -2.25. The summed E-state index contributed by atoms with van der Waals surface area (Å²) >= 11 is 3.26. The molecule has 0 spiro atoms. The molecule has 1 aromatic carbocycles. The molecule has 0 radical (unpaired) electrons. The molecule has 100 valence electrons. The minimum atomic E-state index is -0.673. The molecule has 1 aromatic heterocycles. The summed E-state index contributed by atoms with van der Waals surface area (Å²) in [5.41, 5.74) is 0.692. The molecule has 0 atom stereocenters. The van der Waals surface area contributed by atoms with Crippen LogP contribution in [0.1, 0.15) is 16.1 Å². The van der Waals surface area contributed by atoms with E-state index in [4.69, 9.17) is 0 Å². The summed E-state index contributed by atoms with van der Waals surface area (Å²) in [6, 6.07) is 4.92. The molecular weight excluding hydrogens is 318 g/mol. The van der Waals surface area contributed by atoms with Crippen LogP contribution in [0.25, 0.3) is 0 Å². The monoisotopic (exact) mass is 328 g/mol. The molecule has 1 amide bonds. The molecule has 0 aliphatic rings. The van der Waals surface area contributed by atoms with Crippen molar-refractivity contribution in [3.8, 4) is 0 Å². The predicted octanol–water partition coefficient (Wildman–Crippen LogP) is 3.00. The largest absolute Gasteiger partial charge is 0.347 e. The van der Waals surface area contributed by atoms with Crippen molar-refractivity contribution in [2.24, 2.45) is 7.05 Å². The Labute approximate surface area is 117 Å². The van der Waals surface area contributed by atoms with Crippen LogP contribution >= 0.6 is 15.9 Å². The number of carbonyl (C=O) groups excluding carboxylic acids is 1. The van der Waals surface area contributed by atoms with E-state index in [-0.39, 0.29) is 18.0 Å². The van der Waals surface area contributed by atoms with Gasteiger partial charge in [-0.2, -0.15) is 0 Å². The fourth-order valence-corrected chi connectivity index (χ4v) is 2.21. The van der Waals surface area contributed by atoms with Gasteiger partial charge in [0.25, 0.3) is 5.91 Å².